The number of ether oxygens (including phenoxy) is 1. The van der Waals surface area contributed by atoms with E-state index in [1.165, 1.54) is 11.6 Å². The first-order valence-corrected chi connectivity index (χ1v) is 9.81. The monoisotopic (exact) mass is 416 g/mol. The molecule has 0 aromatic heterocycles. The molecule has 0 aliphatic heterocycles. The van der Waals surface area contributed by atoms with E-state index in [4.69, 9.17) is 16.3 Å². The van der Waals surface area contributed by atoms with E-state index < -0.39 is 5.91 Å². The molecule has 0 aliphatic carbocycles. The van der Waals surface area contributed by atoms with Gasteiger partial charge in [0.25, 0.3) is 5.91 Å². The van der Waals surface area contributed by atoms with Gasteiger partial charge in [-0.2, -0.15) is 5.26 Å². The van der Waals surface area contributed by atoms with Crippen LogP contribution in [0.5, 0.6) is 5.75 Å². The summed E-state index contributed by atoms with van der Waals surface area (Å²) in [4.78, 5) is 12.6. The molecule has 30 heavy (non-hydrogen) atoms. The van der Waals surface area contributed by atoms with Gasteiger partial charge in [-0.3, -0.25) is 4.79 Å². The van der Waals surface area contributed by atoms with E-state index in [9.17, 15) is 10.1 Å². The van der Waals surface area contributed by atoms with Gasteiger partial charge < -0.3 is 10.1 Å². The van der Waals surface area contributed by atoms with Crippen LogP contribution in [0.1, 0.15) is 22.3 Å². The molecule has 0 spiro atoms. The number of benzene rings is 3. The maximum Gasteiger partial charge on any atom is 0.266 e. The molecular weight excluding hydrogens is 396 g/mol. The quantitative estimate of drug-likeness (QED) is 0.391. The van der Waals surface area contributed by atoms with Gasteiger partial charge in [-0.15, -0.1) is 0 Å². The number of amides is 1. The normalized spacial score (nSPS) is 10.9. The summed E-state index contributed by atoms with van der Waals surface area (Å²) in [5, 5.41) is 12.8. The average Bonchev–Trinajstić information content (AvgIpc) is 2.75. The van der Waals surface area contributed by atoms with Crippen molar-refractivity contribution in [3.05, 3.63) is 99.6 Å². The molecule has 1 amide bonds. The molecule has 0 bridgehead atoms. The van der Waals surface area contributed by atoms with Crippen molar-refractivity contribution < 1.29 is 9.53 Å². The van der Waals surface area contributed by atoms with Gasteiger partial charge in [0.1, 0.15) is 24.0 Å². The minimum atomic E-state index is -0.492. The highest BCUT2D eigenvalue weighted by Gasteiger charge is 2.12. The molecule has 0 atom stereocenters. The van der Waals surface area contributed by atoms with E-state index >= 15 is 0 Å². The van der Waals surface area contributed by atoms with Crippen LogP contribution in [0.3, 0.4) is 0 Å². The smallest absolute Gasteiger partial charge is 0.266 e. The summed E-state index contributed by atoms with van der Waals surface area (Å²) >= 11 is 6.09. The topological polar surface area (TPSA) is 62.1 Å². The number of hydrogen-bond acceptors (Lipinski definition) is 3. The molecule has 0 aliphatic rings. The Morgan fingerprint density at radius 2 is 1.83 bits per heavy atom. The fourth-order valence-electron chi connectivity index (χ4n) is 2.79. The highest BCUT2D eigenvalue weighted by atomic mass is 35.5. The average molecular weight is 417 g/mol. The van der Waals surface area contributed by atoms with E-state index in [0.717, 1.165) is 11.1 Å². The first kappa shape index (κ1) is 21.2. The molecule has 0 fully saturated rings. The number of hydrogen-bond donors (Lipinski definition) is 1. The second-order valence-corrected chi connectivity index (χ2v) is 7.29. The van der Waals surface area contributed by atoms with Crippen molar-refractivity contribution in [1.82, 2.24) is 0 Å². The molecule has 150 valence electrons. The van der Waals surface area contributed by atoms with Crippen molar-refractivity contribution in [2.45, 2.75) is 20.5 Å². The zero-order chi connectivity index (χ0) is 21.5. The van der Waals surface area contributed by atoms with Gasteiger partial charge in [0.2, 0.25) is 0 Å². The lowest BCUT2D eigenvalue weighted by molar-refractivity contribution is -0.112. The first-order valence-electron chi connectivity index (χ1n) is 9.43. The zero-order valence-electron chi connectivity index (χ0n) is 16.8. The third kappa shape index (κ3) is 5.50. The Balaban J connectivity index is 1.73. The molecule has 4 nitrogen and oxygen atoms in total. The van der Waals surface area contributed by atoms with E-state index in [-0.39, 0.29) is 5.57 Å². The largest absolute Gasteiger partial charge is 0.489 e. The standard InChI is InChI=1S/C25H21ClN2O2/c1-17-9-11-19(12-10-17)16-30-22-6-3-5-20(14-22)13-21(15-27)25(29)28-24-8-4-7-23(26)18(24)2/h3-14H,16H2,1-2H3,(H,28,29)/b21-13-. The fourth-order valence-corrected chi connectivity index (χ4v) is 2.97. The van der Waals surface area contributed by atoms with Crippen LogP contribution in [0.4, 0.5) is 5.69 Å². The van der Waals surface area contributed by atoms with Gasteiger partial charge in [0, 0.05) is 10.7 Å². The molecule has 1 N–H and O–H groups in total. The Kier molecular flexibility index (Phi) is 6.90. The maximum absolute atomic E-state index is 12.6. The van der Waals surface area contributed by atoms with Crippen LogP contribution < -0.4 is 10.1 Å². The minimum Gasteiger partial charge on any atom is -0.489 e. The molecule has 3 aromatic carbocycles. The van der Waals surface area contributed by atoms with E-state index in [1.54, 1.807) is 24.3 Å². The molecule has 5 heteroatoms. The van der Waals surface area contributed by atoms with Crippen LogP contribution in [0.25, 0.3) is 6.08 Å². The van der Waals surface area contributed by atoms with E-state index in [1.807, 2.05) is 62.4 Å². The van der Waals surface area contributed by atoms with Gasteiger partial charge >= 0.3 is 0 Å². The number of carbonyl (C=O) groups is 1. The van der Waals surface area contributed by atoms with Gasteiger partial charge in [0.05, 0.1) is 0 Å². The number of nitrogens with one attached hydrogen (secondary N) is 1. The highest BCUT2D eigenvalue weighted by Crippen LogP contribution is 2.24. The number of nitrogens with zero attached hydrogens (tertiary/aromatic N) is 1. The number of aryl methyl sites for hydroxylation is 1. The molecule has 0 unspecified atom stereocenters. The molecule has 3 aromatic rings. The van der Waals surface area contributed by atoms with Crippen LogP contribution in [-0.4, -0.2) is 5.91 Å². The molecule has 0 saturated heterocycles. The first-order chi connectivity index (χ1) is 14.5. The molecule has 0 saturated carbocycles. The van der Waals surface area contributed by atoms with Gasteiger partial charge in [-0.25, -0.2) is 0 Å². The van der Waals surface area contributed by atoms with Crippen molar-refractivity contribution >= 4 is 29.3 Å². The summed E-state index contributed by atoms with van der Waals surface area (Å²) < 4.78 is 5.85. The predicted molar refractivity (Wildman–Crippen MR) is 120 cm³/mol. The summed E-state index contributed by atoms with van der Waals surface area (Å²) in [5.74, 6) is 0.168. The Labute approximate surface area is 181 Å². The number of rotatable bonds is 6. The van der Waals surface area contributed by atoms with Crippen LogP contribution in [0.2, 0.25) is 5.02 Å². The number of halogens is 1. The fraction of sp³-hybridized carbons (Fsp3) is 0.120. The third-order valence-corrected chi connectivity index (χ3v) is 4.99. The Bertz CT molecular complexity index is 1130. The van der Waals surface area contributed by atoms with Crippen molar-refractivity contribution in [2.24, 2.45) is 0 Å². The van der Waals surface area contributed by atoms with E-state index in [2.05, 4.69) is 5.32 Å². The lowest BCUT2D eigenvalue weighted by atomic mass is 10.1. The van der Waals surface area contributed by atoms with Crippen molar-refractivity contribution in [3.8, 4) is 11.8 Å². The maximum atomic E-state index is 12.6. The number of carbonyl (C=O) groups excluding carboxylic acids is 1. The summed E-state index contributed by atoms with van der Waals surface area (Å²) in [6.07, 6.45) is 1.54. The van der Waals surface area contributed by atoms with Gasteiger partial charge in [0.15, 0.2) is 0 Å². The summed E-state index contributed by atoms with van der Waals surface area (Å²) in [5.41, 5.74) is 4.27. The van der Waals surface area contributed by atoms with Gasteiger partial charge in [-0.05, 0) is 60.9 Å². The van der Waals surface area contributed by atoms with Crippen LogP contribution in [0.15, 0.2) is 72.3 Å². The second-order valence-electron chi connectivity index (χ2n) is 6.88. The van der Waals surface area contributed by atoms with Crippen LogP contribution in [0, 0.1) is 25.2 Å². The molecule has 0 radical (unpaired) electrons. The summed E-state index contributed by atoms with van der Waals surface area (Å²) in [6, 6.07) is 22.6. The Morgan fingerprint density at radius 3 is 2.57 bits per heavy atom. The lowest BCUT2D eigenvalue weighted by Gasteiger charge is -2.09. The summed E-state index contributed by atoms with van der Waals surface area (Å²) in [7, 11) is 0. The van der Waals surface area contributed by atoms with Crippen molar-refractivity contribution in [2.75, 3.05) is 5.32 Å². The predicted octanol–water partition coefficient (Wildman–Crippen LogP) is 6.08. The third-order valence-electron chi connectivity index (χ3n) is 4.58. The van der Waals surface area contributed by atoms with Crippen molar-refractivity contribution in [1.29, 1.82) is 5.26 Å². The minimum absolute atomic E-state index is 0.00920. The zero-order valence-corrected chi connectivity index (χ0v) is 17.5. The molecule has 3 rings (SSSR count). The Morgan fingerprint density at radius 1 is 1.10 bits per heavy atom. The SMILES string of the molecule is Cc1ccc(COc2cccc(/C=C(/C#N)C(=O)Nc3cccc(Cl)c3C)c2)cc1. The molecular formula is C25H21ClN2O2. The summed E-state index contributed by atoms with van der Waals surface area (Å²) in [6.45, 7) is 4.28. The van der Waals surface area contributed by atoms with Crippen LogP contribution in [-0.2, 0) is 11.4 Å². The van der Waals surface area contributed by atoms with Crippen molar-refractivity contribution in [3.63, 3.8) is 0 Å². The van der Waals surface area contributed by atoms with Crippen LogP contribution >= 0.6 is 11.6 Å². The van der Waals surface area contributed by atoms with Gasteiger partial charge in [-0.1, -0.05) is 59.6 Å². The second kappa shape index (κ2) is 9.78. The lowest BCUT2D eigenvalue weighted by Crippen LogP contribution is -2.14. The Hall–Kier alpha value is -3.55. The number of nitriles is 1. The molecule has 0 heterocycles. The number of anilines is 1. The highest BCUT2D eigenvalue weighted by molar-refractivity contribution is 6.31. The van der Waals surface area contributed by atoms with E-state index in [0.29, 0.717) is 28.6 Å².